The zero-order chi connectivity index (χ0) is 9.14. The molecule has 0 spiro atoms. The summed E-state index contributed by atoms with van der Waals surface area (Å²) < 4.78 is 4.51. The van der Waals surface area contributed by atoms with E-state index in [0.717, 1.165) is 0 Å². The molecule has 0 heterocycles. The largest absolute Gasteiger partial charge is 0.550 e. The van der Waals surface area contributed by atoms with Crippen molar-refractivity contribution in [2.75, 3.05) is 7.11 Å². The Morgan fingerprint density at radius 2 is 1.92 bits per heavy atom. The fourth-order valence-corrected chi connectivity index (χ4v) is 1.58. The van der Waals surface area contributed by atoms with Crippen LogP contribution in [-0.4, -0.2) is 19.0 Å². The van der Waals surface area contributed by atoms with Crippen LogP contribution in [0.1, 0.15) is 19.3 Å². The molecule has 4 heteroatoms. The zero-order valence-electron chi connectivity index (χ0n) is 6.91. The second-order valence-electron chi connectivity index (χ2n) is 3.05. The van der Waals surface area contributed by atoms with Crippen LogP contribution in [0.15, 0.2) is 0 Å². The van der Waals surface area contributed by atoms with E-state index in [2.05, 4.69) is 4.74 Å². The lowest BCUT2D eigenvalue weighted by Crippen LogP contribution is -2.30. The van der Waals surface area contributed by atoms with Gasteiger partial charge in [0.15, 0.2) is 0 Å². The molecule has 1 saturated carbocycles. The Labute approximate surface area is 70.5 Å². The summed E-state index contributed by atoms with van der Waals surface area (Å²) in [5.74, 6) is -2.06. The molecule has 1 rings (SSSR count). The first-order valence-electron chi connectivity index (χ1n) is 3.94. The molecule has 1 aliphatic rings. The molecule has 0 aromatic rings. The third-order valence-corrected chi connectivity index (χ3v) is 2.30. The first kappa shape index (κ1) is 9.03. The van der Waals surface area contributed by atoms with Crippen LogP contribution >= 0.6 is 0 Å². The minimum Gasteiger partial charge on any atom is -0.550 e. The average Bonchev–Trinajstić information content (AvgIpc) is 2.51. The summed E-state index contributed by atoms with van der Waals surface area (Å²) in [5.41, 5.74) is 0. The smallest absolute Gasteiger partial charge is 0.308 e. The highest BCUT2D eigenvalue weighted by atomic mass is 16.5. The number of ether oxygens (including phenoxy) is 1. The Balaban J connectivity index is 2.45. The van der Waals surface area contributed by atoms with Crippen molar-refractivity contribution in [2.24, 2.45) is 11.8 Å². The molecule has 1 fully saturated rings. The van der Waals surface area contributed by atoms with Crippen molar-refractivity contribution in [2.45, 2.75) is 19.3 Å². The van der Waals surface area contributed by atoms with Crippen LogP contribution in [0.5, 0.6) is 0 Å². The van der Waals surface area contributed by atoms with Gasteiger partial charge in [-0.3, -0.25) is 4.79 Å². The summed E-state index contributed by atoms with van der Waals surface area (Å²) in [4.78, 5) is 21.3. The molecule has 68 valence electrons. The zero-order valence-corrected chi connectivity index (χ0v) is 6.91. The van der Waals surface area contributed by atoms with E-state index in [9.17, 15) is 14.7 Å². The minimum atomic E-state index is -1.05. The topological polar surface area (TPSA) is 66.4 Å². The van der Waals surface area contributed by atoms with Crippen molar-refractivity contribution < 1.29 is 19.4 Å². The van der Waals surface area contributed by atoms with Gasteiger partial charge < -0.3 is 14.6 Å². The Kier molecular flexibility index (Phi) is 2.68. The molecular weight excluding hydrogens is 160 g/mol. The molecule has 0 unspecified atom stereocenters. The average molecular weight is 171 g/mol. The molecule has 0 N–H and O–H groups in total. The van der Waals surface area contributed by atoms with E-state index in [4.69, 9.17) is 0 Å². The van der Waals surface area contributed by atoms with Crippen LogP contribution in [0.4, 0.5) is 0 Å². The molecule has 4 nitrogen and oxygen atoms in total. The van der Waals surface area contributed by atoms with Crippen LogP contribution in [0, 0.1) is 11.8 Å². The van der Waals surface area contributed by atoms with E-state index < -0.39 is 11.9 Å². The van der Waals surface area contributed by atoms with Gasteiger partial charge in [0.05, 0.1) is 13.0 Å². The Bertz CT molecular complexity index is 199. The Morgan fingerprint density at radius 1 is 1.33 bits per heavy atom. The molecule has 0 amide bonds. The Hall–Kier alpha value is -1.06. The molecule has 12 heavy (non-hydrogen) atoms. The van der Waals surface area contributed by atoms with E-state index in [1.165, 1.54) is 7.11 Å². The van der Waals surface area contributed by atoms with Crippen molar-refractivity contribution in [3.05, 3.63) is 0 Å². The van der Waals surface area contributed by atoms with Crippen molar-refractivity contribution in [1.82, 2.24) is 0 Å². The lowest BCUT2D eigenvalue weighted by Gasteiger charge is -2.10. The third kappa shape index (κ3) is 1.75. The van der Waals surface area contributed by atoms with Crippen molar-refractivity contribution in [3.8, 4) is 0 Å². The van der Waals surface area contributed by atoms with Crippen molar-refractivity contribution in [3.63, 3.8) is 0 Å². The Morgan fingerprint density at radius 3 is 2.33 bits per heavy atom. The number of hydrogen-bond donors (Lipinski definition) is 0. The van der Waals surface area contributed by atoms with Gasteiger partial charge in [0.2, 0.25) is 0 Å². The van der Waals surface area contributed by atoms with Crippen LogP contribution in [-0.2, 0) is 14.3 Å². The number of methoxy groups -OCH3 is 1. The molecule has 0 aliphatic heterocycles. The van der Waals surface area contributed by atoms with Crippen LogP contribution < -0.4 is 5.11 Å². The molecule has 1 aliphatic carbocycles. The summed E-state index contributed by atoms with van der Waals surface area (Å²) in [5, 5.41) is 10.4. The number of carbonyl (C=O) groups excluding carboxylic acids is 2. The predicted molar refractivity (Wildman–Crippen MR) is 37.9 cm³/mol. The van der Waals surface area contributed by atoms with E-state index in [0.29, 0.717) is 19.3 Å². The standard InChI is InChI=1S/C8H12O4/c1-12-8(11)6-3-2-5(4-6)7(9)10/h5-6H,2-4H2,1H3,(H,9,10)/p-1/t5-,6+/m0/s1. The van der Waals surface area contributed by atoms with Crippen molar-refractivity contribution in [1.29, 1.82) is 0 Å². The summed E-state index contributed by atoms with van der Waals surface area (Å²) in [6.07, 6.45) is 1.50. The van der Waals surface area contributed by atoms with Gasteiger partial charge in [-0.2, -0.15) is 0 Å². The van der Waals surface area contributed by atoms with Gasteiger partial charge in [-0.05, 0) is 25.2 Å². The highest BCUT2D eigenvalue weighted by Crippen LogP contribution is 2.30. The van der Waals surface area contributed by atoms with Gasteiger partial charge in [-0.15, -0.1) is 0 Å². The monoisotopic (exact) mass is 171 g/mol. The number of aliphatic carboxylic acids is 1. The first-order valence-corrected chi connectivity index (χ1v) is 3.94. The quantitative estimate of drug-likeness (QED) is 0.516. The molecule has 0 bridgehead atoms. The lowest BCUT2D eigenvalue weighted by atomic mass is 10.1. The SMILES string of the molecule is COC(=O)[C@@H]1CC[C@H](C(=O)[O-])C1. The highest BCUT2D eigenvalue weighted by molar-refractivity contribution is 5.75. The third-order valence-electron chi connectivity index (χ3n) is 2.30. The van der Waals surface area contributed by atoms with Crippen molar-refractivity contribution >= 4 is 11.9 Å². The van der Waals surface area contributed by atoms with Crippen LogP contribution in [0.25, 0.3) is 0 Å². The fraction of sp³-hybridized carbons (Fsp3) is 0.750. The van der Waals surface area contributed by atoms with Gasteiger partial charge in [0.1, 0.15) is 0 Å². The van der Waals surface area contributed by atoms with Crippen LogP contribution in [0.2, 0.25) is 0 Å². The van der Waals surface area contributed by atoms with E-state index in [1.54, 1.807) is 0 Å². The number of esters is 1. The second kappa shape index (κ2) is 3.56. The number of carboxylic acid groups (broad SMARTS) is 1. The minimum absolute atomic E-state index is 0.238. The van der Waals surface area contributed by atoms with Gasteiger partial charge >= 0.3 is 5.97 Å². The lowest BCUT2D eigenvalue weighted by molar-refractivity contribution is -0.311. The summed E-state index contributed by atoms with van der Waals surface area (Å²) in [7, 11) is 1.31. The molecular formula is C8H11O4-. The molecule has 2 atom stereocenters. The second-order valence-corrected chi connectivity index (χ2v) is 3.05. The van der Waals surface area contributed by atoms with E-state index in [-0.39, 0.29) is 11.9 Å². The molecule has 0 aromatic heterocycles. The number of carboxylic acids is 1. The summed E-state index contributed by atoms with van der Waals surface area (Å²) in [6, 6.07) is 0. The predicted octanol–water partition coefficient (Wildman–Crippen LogP) is -0.674. The maximum Gasteiger partial charge on any atom is 0.308 e. The maximum atomic E-state index is 10.9. The number of hydrogen-bond acceptors (Lipinski definition) is 4. The van der Waals surface area contributed by atoms with Crippen LogP contribution in [0.3, 0.4) is 0 Å². The van der Waals surface area contributed by atoms with Gasteiger partial charge in [0.25, 0.3) is 0 Å². The van der Waals surface area contributed by atoms with Gasteiger partial charge in [-0.25, -0.2) is 0 Å². The fourth-order valence-electron chi connectivity index (χ4n) is 1.58. The van der Waals surface area contributed by atoms with E-state index >= 15 is 0 Å². The van der Waals surface area contributed by atoms with Gasteiger partial charge in [-0.1, -0.05) is 0 Å². The summed E-state index contributed by atoms with van der Waals surface area (Å²) in [6.45, 7) is 0. The van der Waals surface area contributed by atoms with E-state index in [1.807, 2.05) is 0 Å². The number of carbonyl (C=O) groups is 2. The van der Waals surface area contributed by atoms with Gasteiger partial charge in [0, 0.05) is 5.97 Å². The molecule has 0 aromatic carbocycles. The number of rotatable bonds is 2. The first-order chi connectivity index (χ1) is 5.65. The maximum absolute atomic E-state index is 10.9. The normalized spacial score (nSPS) is 28.4. The molecule has 0 radical (unpaired) electrons. The summed E-state index contributed by atoms with van der Waals surface area (Å²) >= 11 is 0. The highest BCUT2D eigenvalue weighted by Gasteiger charge is 2.30. The molecule has 0 saturated heterocycles.